The molecule has 1 aromatic carbocycles. The second-order valence-corrected chi connectivity index (χ2v) is 6.14. The molecular weight excluding hydrogens is 304 g/mol. The van der Waals surface area contributed by atoms with Crippen LogP contribution in [-0.2, 0) is 0 Å². The van der Waals surface area contributed by atoms with Gasteiger partial charge in [-0.25, -0.2) is 0 Å². The molecule has 0 spiro atoms. The minimum absolute atomic E-state index is 0. The van der Waals surface area contributed by atoms with Gasteiger partial charge in [0.15, 0.2) is 11.5 Å². The molecule has 0 aliphatic carbocycles. The average Bonchev–Trinajstić information content (AvgIpc) is 2.85. The van der Waals surface area contributed by atoms with Crippen LogP contribution in [0.3, 0.4) is 0 Å². The van der Waals surface area contributed by atoms with E-state index in [1.54, 1.807) is 12.1 Å². The van der Waals surface area contributed by atoms with Crippen molar-refractivity contribution in [1.82, 2.24) is 10.6 Å². The molecule has 3 aliphatic rings. The first kappa shape index (κ1) is 15.4. The number of piperidine rings is 1. The predicted molar refractivity (Wildman–Crippen MR) is 85.1 cm³/mol. The van der Waals surface area contributed by atoms with E-state index in [2.05, 4.69) is 10.6 Å². The molecule has 6 heteroatoms. The van der Waals surface area contributed by atoms with Crippen LogP contribution in [0.4, 0.5) is 0 Å². The quantitative estimate of drug-likeness (QED) is 0.872. The normalized spacial score (nSPS) is 28.6. The summed E-state index contributed by atoms with van der Waals surface area (Å²) in [5.74, 6) is 1.37. The van der Waals surface area contributed by atoms with Gasteiger partial charge in [-0.05, 0) is 43.9 Å². The summed E-state index contributed by atoms with van der Waals surface area (Å²) in [5.41, 5.74) is 0.644. The Hall–Kier alpha value is -1.46. The molecule has 2 atom stereocenters. The number of nitrogens with one attached hydrogen (secondary N) is 2. The molecule has 2 unspecified atom stereocenters. The highest BCUT2D eigenvalue weighted by Gasteiger charge is 2.34. The van der Waals surface area contributed by atoms with Gasteiger partial charge in [0.1, 0.15) is 13.2 Å². The average molecular weight is 325 g/mol. The summed E-state index contributed by atoms with van der Waals surface area (Å²) < 4.78 is 11.0. The van der Waals surface area contributed by atoms with E-state index in [1.165, 1.54) is 12.8 Å². The maximum atomic E-state index is 12.4. The largest absolute Gasteiger partial charge is 0.486 e. The molecule has 2 saturated heterocycles. The molecule has 1 aromatic rings. The summed E-state index contributed by atoms with van der Waals surface area (Å²) in [4.78, 5) is 12.4. The number of ether oxygens (including phenoxy) is 2. The van der Waals surface area contributed by atoms with Crippen LogP contribution < -0.4 is 20.1 Å². The van der Waals surface area contributed by atoms with E-state index < -0.39 is 0 Å². The van der Waals surface area contributed by atoms with Gasteiger partial charge in [-0.2, -0.15) is 0 Å². The predicted octanol–water partition coefficient (Wildman–Crippen LogP) is 1.89. The summed E-state index contributed by atoms with van der Waals surface area (Å²) in [5, 5.41) is 6.75. The highest BCUT2D eigenvalue weighted by atomic mass is 35.5. The molecule has 2 fully saturated rings. The van der Waals surface area contributed by atoms with Crippen LogP contribution in [0.1, 0.15) is 36.0 Å². The topological polar surface area (TPSA) is 59.6 Å². The zero-order valence-corrected chi connectivity index (χ0v) is 13.2. The summed E-state index contributed by atoms with van der Waals surface area (Å²) in [6, 6.07) is 6.83. The van der Waals surface area contributed by atoms with Crippen LogP contribution in [0, 0.1) is 0 Å². The third-order valence-electron chi connectivity index (χ3n) is 4.61. The Morgan fingerprint density at radius 3 is 2.50 bits per heavy atom. The molecule has 120 valence electrons. The van der Waals surface area contributed by atoms with Gasteiger partial charge >= 0.3 is 0 Å². The lowest BCUT2D eigenvalue weighted by molar-refractivity contribution is 0.0922. The zero-order chi connectivity index (χ0) is 14.2. The molecule has 2 bridgehead atoms. The van der Waals surface area contributed by atoms with Crippen LogP contribution in [0.2, 0.25) is 0 Å². The highest BCUT2D eigenvalue weighted by Crippen LogP contribution is 2.31. The number of rotatable bonds is 2. The summed E-state index contributed by atoms with van der Waals surface area (Å²) >= 11 is 0. The summed E-state index contributed by atoms with van der Waals surface area (Å²) in [7, 11) is 0. The van der Waals surface area contributed by atoms with Gasteiger partial charge in [0, 0.05) is 23.7 Å². The van der Waals surface area contributed by atoms with Crippen molar-refractivity contribution in [2.75, 3.05) is 13.2 Å². The first-order valence-electron chi connectivity index (χ1n) is 7.74. The highest BCUT2D eigenvalue weighted by molar-refractivity contribution is 5.95. The number of hydrogen-bond donors (Lipinski definition) is 2. The Kier molecular flexibility index (Phi) is 4.45. The molecular formula is C16H21ClN2O3. The van der Waals surface area contributed by atoms with Crippen LogP contribution in [0.5, 0.6) is 11.5 Å². The molecule has 5 nitrogen and oxygen atoms in total. The van der Waals surface area contributed by atoms with Gasteiger partial charge in [-0.15, -0.1) is 12.4 Å². The fourth-order valence-electron chi connectivity index (χ4n) is 3.63. The monoisotopic (exact) mass is 324 g/mol. The standard InChI is InChI=1S/C16H20N2O3.ClH/c19-16(18-13-8-11-2-3-12(9-13)17-11)10-1-4-14-15(7-10)21-6-5-20-14;/h1,4,7,11-13,17H,2-3,5-6,8-9H2,(H,18,19);1H. The number of amides is 1. The van der Waals surface area contributed by atoms with Crippen molar-refractivity contribution >= 4 is 18.3 Å². The van der Waals surface area contributed by atoms with Gasteiger partial charge in [0.25, 0.3) is 5.91 Å². The van der Waals surface area contributed by atoms with Gasteiger partial charge in [-0.3, -0.25) is 4.79 Å². The third kappa shape index (κ3) is 3.01. The lowest BCUT2D eigenvalue weighted by atomic mass is 9.99. The third-order valence-corrected chi connectivity index (χ3v) is 4.61. The number of hydrogen-bond acceptors (Lipinski definition) is 4. The summed E-state index contributed by atoms with van der Waals surface area (Å²) in [6.07, 6.45) is 4.54. The molecule has 0 saturated carbocycles. The van der Waals surface area contributed by atoms with Crippen molar-refractivity contribution in [3.8, 4) is 11.5 Å². The Bertz CT molecular complexity index is 554. The molecule has 1 amide bonds. The van der Waals surface area contributed by atoms with E-state index in [9.17, 15) is 4.79 Å². The number of fused-ring (bicyclic) bond motifs is 3. The van der Waals surface area contributed by atoms with Crippen molar-refractivity contribution in [3.63, 3.8) is 0 Å². The number of halogens is 1. The lowest BCUT2D eigenvalue weighted by Gasteiger charge is -2.29. The SMILES string of the molecule is Cl.O=C(NC1CC2CCC(C1)N2)c1ccc2c(c1)OCCO2. The lowest BCUT2D eigenvalue weighted by Crippen LogP contribution is -2.48. The van der Waals surface area contributed by atoms with Gasteiger partial charge in [-0.1, -0.05) is 0 Å². The first-order chi connectivity index (χ1) is 10.3. The Morgan fingerprint density at radius 2 is 1.77 bits per heavy atom. The van der Waals surface area contributed by atoms with Crippen LogP contribution in [0.15, 0.2) is 18.2 Å². The molecule has 4 rings (SSSR count). The van der Waals surface area contributed by atoms with Crippen molar-refractivity contribution < 1.29 is 14.3 Å². The summed E-state index contributed by atoms with van der Waals surface area (Å²) in [6.45, 7) is 1.10. The van der Waals surface area contributed by atoms with Crippen molar-refractivity contribution in [2.45, 2.75) is 43.8 Å². The fraction of sp³-hybridized carbons (Fsp3) is 0.562. The minimum Gasteiger partial charge on any atom is -0.486 e. The van der Waals surface area contributed by atoms with E-state index in [-0.39, 0.29) is 24.4 Å². The zero-order valence-electron chi connectivity index (χ0n) is 12.3. The van der Waals surface area contributed by atoms with Gasteiger partial charge < -0.3 is 20.1 Å². The first-order valence-corrected chi connectivity index (χ1v) is 7.74. The van der Waals surface area contributed by atoms with E-state index in [1.807, 2.05) is 6.07 Å². The van der Waals surface area contributed by atoms with E-state index >= 15 is 0 Å². The Balaban J connectivity index is 0.00000144. The Morgan fingerprint density at radius 1 is 1.09 bits per heavy atom. The molecule has 3 heterocycles. The minimum atomic E-state index is -0.0155. The second-order valence-electron chi connectivity index (χ2n) is 6.14. The maximum absolute atomic E-state index is 12.4. The molecule has 3 aliphatic heterocycles. The Labute approximate surface area is 136 Å². The smallest absolute Gasteiger partial charge is 0.251 e. The van der Waals surface area contributed by atoms with E-state index in [0.29, 0.717) is 36.6 Å². The number of carbonyl (C=O) groups excluding carboxylic acids is 1. The van der Waals surface area contributed by atoms with Crippen molar-refractivity contribution in [3.05, 3.63) is 23.8 Å². The van der Waals surface area contributed by atoms with Crippen molar-refractivity contribution in [1.29, 1.82) is 0 Å². The van der Waals surface area contributed by atoms with E-state index in [4.69, 9.17) is 9.47 Å². The van der Waals surface area contributed by atoms with Crippen LogP contribution in [-0.4, -0.2) is 37.2 Å². The molecule has 0 radical (unpaired) electrons. The number of carbonyl (C=O) groups is 1. The molecule has 0 aromatic heterocycles. The fourth-order valence-corrected chi connectivity index (χ4v) is 3.63. The second kappa shape index (κ2) is 6.34. The van der Waals surface area contributed by atoms with Crippen LogP contribution >= 0.6 is 12.4 Å². The van der Waals surface area contributed by atoms with Gasteiger partial charge in [0.05, 0.1) is 0 Å². The molecule has 22 heavy (non-hydrogen) atoms. The van der Waals surface area contributed by atoms with Gasteiger partial charge in [0.2, 0.25) is 0 Å². The maximum Gasteiger partial charge on any atom is 0.251 e. The molecule has 2 N–H and O–H groups in total. The number of benzene rings is 1. The van der Waals surface area contributed by atoms with E-state index in [0.717, 1.165) is 18.6 Å². The van der Waals surface area contributed by atoms with Crippen molar-refractivity contribution in [2.24, 2.45) is 0 Å². The van der Waals surface area contributed by atoms with Crippen LogP contribution in [0.25, 0.3) is 0 Å².